The van der Waals surface area contributed by atoms with Gasteiger partial charge in [0.05, 0.1) is 27.8 Å². The van der Waals surface area contributed by atoms with Crippen LogP contribution in [-0.2, 0) is 15.6 Å². The first kappa shape index (κ1) is 15.5. The largest absolute Gasteiger partial charge is 0.495 e. The van der Waals surface area contributed by atoms with E-state index in [1.807, 2.05) is 11.4 Å². The standard InChI is InChI=1S/C14H16N2O3S2/c1-9(21(18)13-4-3-7-20-13)14(17)16-11-8-10(15)5-6-12(11)19-2/h3-9H,15H2,1-2H3,(H,16,17). The second-order valence-electron chi connectivity index (χ2n) is 4.32. The quantitative estimate of drug-likeness (QED) is 0.828. The fourth-order valence-electron chi connectivity index (χ4n) is 1.71. The van der Waals surface area contributed by atoms with Crippen molar-refractivity contribution < 1.29 is 13.7 Å². The number of carbonyl (C=O) groups is 1. The first-order chi connectivity index (χ1) is 10.0. The van der Waals surface area contributed by atoms with Crippen molar-refractivity contribution in [2.24, 2.45) is 0 Å². The lowest BCUT2D eigenvalue weighted by molar-refractivity contribution is -0.115. The van der Waals surface area contributed by atoms with Crippen LogP contribution < -0.4 is 15.8 Å². The second-order valence-corrected chi connectivity index (χ2v) is 7.27. The number of anilines is 2. The molecular weight excluding hydrogens is 308 g/mol. The van der Waals surface area contributed by atoms with Crippen LogP contribution >= 0.6 is 11.3 Å². The molecule has 1 heterocycles. The number of thiophene rings is 1. The number of rotatable bonds is 5. The Hall–Kier alpha value is -1.86. The lowest BCUT2D eigenvalue weighted by Crippen LogP contribution is -2.29. The van der Waals surface area contributed by atoms with E-state index in [2.05, 4.69) is 5.32 Å². The SMILES string of the molecule is COc1ccc(N)cc1NC(=O)C(C)S(=O)c1cccs1. The minimum absolute atomic E-state index is 0.342. The number of nitrogen functional groups attached to an aromatic ring is 1. The normalized spacial score (nSPS) is 13.4. The molecule has 0 spiro atoms. The Morgan fingerprint density at radius 1 is 1.43 bits per heavy atom. The maximum Gasteiger partial charge on any atom is 0.240 e. The van der Waals surface area contributed by atoms with Gasteiger partial charge in [-0.05, 0) is 36.6 Å². The molecule has 21 heavy (non-hydrogen) atoms. The number of nitrogens with one attached hydrogen (secondary N) is 1. The summed E-state index contributed by atoms with van der Waals surface area (Å²) in [6.07, 6.45) is 0. The molecule has 0 saturated heterocycles. The van der Waals surface area contributed by atoms with E-state index in [-0.39, 0.29) is 5.91 Å². The summed E-state index contributed by atoms with van der Waals surface area (Å²) < 4.78 is 18.1. The van der Waals surface area contributed by atoms with E-state index in [1.165, 1.54) is 18.4 Å². The number of benzene rings is 1. The van der Waals surface area contributed by atoms with Crippen molar-refractivity contribution in [1.82, 2.24) is 0 Å². The number of carbonyl (C=O) groups excluding carboxylic acids is 1. The van der Waals surface area contributed by atoms with Crippen LogP contribution in [0.15, 0.2) is 39.9 Å². The number of nitrogens with two attached hydrogens (primary N) is 1. The minimum Gasteiger partial charge on any atom is -0.495 e. The van der Waals surface area contributed by atoms with E-state index >= 15 is 0 Å². The monoisotopic (exact) mass is 324 g/mol. The summed E-state index contributed by atoms with van der Waals surface area (Å²) >= 11 is 1.37. The van der Waals surface area contributed by atoms with Crippen molar-refractivity contribution in [3.63, 3.8) is 0 Å². The number of methoxy groups -OCH3 is 1. The number of ether oxygens (including phenoxy) is 1. The van der Waals surface area contributed by atoms with Gasteiger partial charge in [-0.25, -0.2) is 0 Å². The Labute approximate surface area is 129 Å². The van der Waals surface area contributed by atoms with Gasteiger partial charge in [0.25, 0.3) is 0 Å². The summed E-state index contributed by atoms with van der Waals surface area (Å²) in [5.74, 6) is 0.164. The molecule has 0 bridgehead atoms. The van der Waals surface area contributed by atoms with Gasteiger partial charge < -0.3 is 15.8 Å². The third-order valence-electron chi connectivity index (χ3n) is 2.87. The maximum atomic E-state index is 12.3. The van der Waals surface area contributed by atoms with E-state index in [0.717, 1.165) is 0 Å². The molecule has 1 aromatic heterocycles. The highest BCUT2D eigenvalue weighted by atomic mass is 32.2. The van der Waals surface area contributed by atoms with Crippen molar-refractivity contribution in [3.8, 4) is 5.75 Å². The third-order valence-corrected chi connectivity index (χ3v) is 5.70. The number of hydrogen-bond acceptors (Lipinski definition) is 5. The first-order valence-electron chi connectivity index (χ1n) is 6.21. The van der Waals surface area contributed by atoms with Gasteiger partial charge in [0.1, 0.15) is 11.0 Å². The predicted molar refractivity (Wildman–Crippen MR) is 86.2 cm³/mol. The van der Waals surface area contributed by atoms with E-state index < -0.39 is 16.0 Å². The van der Waals surface area contributed by atoms with E-state index in [4.69, 9.17) is 10.5 Å². The second kappa shape index (κ2) is 6.73. The van der Waals surface area contributed by atoms with Crippen LogP contribution in [0.4, 0.5) is 11.4 Å². The molecule has 1 amide bonds. The van der Waals surface area contributed by atoms with Gasteiger partial charge >= 0.3 is 0 Å². The molecule has 2 rings (SSSR count). The number of hydrogen-bond donors (Lipinski definition) is 2. The van der Waals surface area contributed by atoms with Crippen molar-refractivity contribution >= 4 is 39.4 Å². The van der Waals surface area contributed by atoms with E-state index in [0.29, 0.717) is 21.3 Å². The third kappa shape index (κ3) is 3.62. The molecule has 0 aliphatic heterocycles. The van der Waals surface area contributed by atoms with Gasteiger partial charge in [0.2, 0.25) is 5.91 Å². The van der Waals surface area contributed by atoms with Gasteiger partial charge in [-0.2, -0.15) is 0 Å². The van der Waals surface area contributed by atoms with Crippen LogP contribution in [0.3, 0.4) is 0 Å². The lowest BCUT2D eigenvalue weighted by Gasteiger charge is -2.14. The highest BCUT2D eigenvalue weighted by Gasteiger charge is 2.23. The Bertz CT molecular complexity index is 656. The molecule has 0 radical (unpaired) electrons. The van der Waals surface area contributed by atoms with E-state index in [9.17, 15) is 9.00 Å². The molecule has 0 saturated carbocycles. The summed E-state index contributed by atoms with van der Waals surface area (Å²) in [5, 5.41) is 3.87. The van der Waals surface area contributed by atoms with Crippen molar-refractivity contribution in [2.45, 2.75) is 16.4 Å². The van der Waals surface area contributed by atoms with Gasteiger partial charge in [0, 0.05) is 5.69 Å². The average Bonchev–Trinajstić information content (AvgIpc) is 3.00. The molecule has 1 aromatic carbocycles. The van der Waals surface area contributed by atoms with Crippen molar-refractivity contribution in [1.29, 1.82) is 0 Å². The summed E-state index contributed by atoms with van der Waals surface area (Å²) in [7, 11) is 0.128. The molecule has 0 aliphatic carbocycles. The summed E-state index contributed by atoms with van der Waals surface area (Å²) in [4.78, 5) is 12.2. The zero-order valence-electron chi connectivity index (χ0n) is 11.7. The summed E-state index contributed by atoms with van der Waals surface area (Å²) in [5.41, 5.74) is 6.69. The molecule has 112 valence electrons. The zero-order valence-corrected chi connectivity index (χ0v) is 13.3. The zero-order chi connectivity index (χ0) is 15.4. The van der Waals surface area contributed by atoms with Crippen LogP contribution in [0.5, 0.6) is 5.75 Å². The average molecular weight is 324 g/mol. The summed E-state index contributed by atoms with van der Waals surface area (Å²) in [6.45, 7) is 1.63. The topological polar surface area (TPSA) is 81.4 Å². The van der Waals surface area contributed by atoms with Gasteiger partial charge in [-0.3, -0.25) is 9.00 Å². The molecule has 2 unspecified atom stereocenters. The first-order valence-corrected chi connectivity index (χ1v) is 8.30. The molecule has 2 aromatic rings. The Balaban J connectivity index is 2.14. The smallest absolute Gasteiger partial charge is 0.240 e. The molecule has 0 fully saturated rings. The fourth-order valence-corrected chi connectivity index (χ4v) is 3.95. The molecule has 3 N–H and O–H groups in total. The highest BCUT2D eigenvalue weighted by molar-refractivity contribution is 7.88. The maximum absolute atomic E-state index is 12.3. The highest BCUT2D eigenvalue weighted by Crippen LogP contribution is 2.27. The van der Waals surface area contributed by atoms with Crippen LogP contribution in [0, 0.1) is 0 Å². The van der Waals surface area contributed by atoms with E-state index in [1.54, 1.807) is 31.2 Å². The summed E-state index contributed by atoms with van der Waals surface area (Å²) in [6, 6.07) is 8.53. The van der Waals surface area contributed by atoms with Crippen LogP contribution in [0.2, 0.25) is 0 Å². The van der Waals surface area contributed by atoms with Gasteiger partial charge in [-0.15, -0.1) is 11.3 Å². The molecular formula is C14H16N2O3S2. The Morgan fingerprint density at radius 2 is 2.19 bits per heavy atom. The van der Waals surface area contributed by atoms with Crippen molar-refractivity contribution in [3.05, 3.63) is 35.7 Å². The Morgan fingerprint density at radius 3 is 2.81 bits per heavy atom. The fraction of sp³-hybridized carbons (Fsp3) is 0.214. The van der Waals surface area contributed by atoms with Crippen LogP contribution in [0.1, 0.15) is 6.92 Å². The van der Waals surface area contributed by atoms with Crippen LogP contribution in [0.25, 0.3) is 0 Å². The molecule has 0 aliphatic rings. The lowest BCUT2D eigenvalue weighted by atomic mass is 10.2. The van der Waals surface area contributed by atoms with Gasteiger partial charge in [0.15, 0.2) is 0 Å². The molecule has 2 atom stereocenters. The van der Waals surface area contributed by atoms with Crippen molar-refractivity contribution in [2.75, 3.05) is 18.2 Å². The molecule has 5 nitrogen and oxygen atoms in total. The molecule has 7 heteroatoms. The Kier molecular flexibility index (Phi) is 4.98. The van der Waals surface area contributed by atoms with Crippen LogP contribution in [-0.4, -0.2) is 22.5 Å². The predicted octanol–water partition coefficient (Wildman–Crippen LogP) is 2.47. The minimum atomic E-state index is -1.38. The van der Waals surface area contributed by atoms with Gasteiger partial charge in [-0.1, -0.05) is 6.07 Å². The number of amides is 1.